The molecule has 0 saturated carbocycles. The lowest BCUT2D eigenvalue weighted by Crippen LogP contribution is -2.21. The molecule has 0 aliphatic heterocycles. The van der Waals surface area contributed by atoms with Crippen molar-refractivity contribution < 1.29 is 14.6 Å². The minimum atomic E-state index is -0.776. The molecule has 0 heterocycles. The Hall–Kier alpha value is -1.07. The summed E-state index contributed by atoms with van der Waals surface area (Å²) < 4.78 is 6.16. The zero-order chi connectivity index (χ0) is 12.8. The maximum absolute atomic E-state index is 10.5. The van der Waals surface area contributed by atoms with Gasteiger partial charge in [0.25, 0.3) is 0 Å². The molecule has 17 heavy (non-hydrogen) atoms. The van der Waals surface area contributed by atoms with Crippen LogP contribution < -0.4 is 4.74 Å². The molecule has 0 aliphatic carbocycles. The number of carboxylic acids is 1. The van der Waals surface area contributed by atoms with Crippen LogP contribution in [0.15, 0.2) is 22.7 Å². The molecule has 4 nitrogen and oxygen atoms in total. The molecule has 0 atom stereocenters. The van der Waals surface area contributed by atoms with Gasteiger partial charge >= 0.3 is 5.97 Å². The SMILES string of the molecule is COc1ccc(Br)c(CN(C)CCC(=O)O)c1. The molecule has 5 heteroatoms. The number of ether oxygens (including phenoxy) is 1. The Bertz CT molecular complexity index is 395. The molecule has 0 aliphatic rings. The van der Waals surface area contributed by atoms with Crippen LogP contribution in [0.3, 0.4) is 0 Å². The lowest BCUT2D eigenvalue weighted by Gasteiger charge is -2.17. The van der Waals surface area contributed by atoms with Gasteiger partial charge in [-0.1, -0.05) is 15.9 Å². The number of carbonyl (C=O) groups is 1. The second-order valence-corrected chi connectivity index (χ2v) is 4.69. The third-order valence-electron chi connectivity index (χ3n) is 2.40. The van der Waals surface area contributed by atoms with Crippen LogP contribution in [-0.2, 0) is 11.3 Å². The van der Waals surface area contributed by atoms with E-state index in [1.54, 1.807) is 7.11 Å². The number of hydrogen-bond donors (Lipinski definition) is 1. The molecule has 0 unspecified atom stereocenters. The lowest BCUT2D eigenvalue weighted by molar-refractivity contribution is -0.137. The summed E-state index contributed by atoms with van der Waals surface area (Å²) in [6, 6.07) is 5.76. The van der Waals surface area contributed by atoms with E-state index in [-0.39, 0.29) is 6.42 Å². The minimum absolute atomic E-state index is 0.151. The maximum Gasteiger partial charge on any atom is 0.304 e. The van der Waals surface area contributed by atoms with Crippen LogP contribution in [-0.4, -0.2) is 36.7 Å². The van der Waals surface area contributed by atoms with Gasteiger partial charge in [-0.3, -0.25) is 4.79 Å². The maximum atomic E-state index is 10.5. The third kappa shape index (κ3) is 4.75. The van der Waals surface area contributed by atoms with Crippen molar-refractivity contribution in [1.29, 1.82) is 0 Å². The zero-order valence-corrected chi connectivity index (χ0v) is 11.5. The third-order valence-corrected chi connectivity index (χ3v) is 3.17. The minimum Gasteiger partial charge on any atom is -0.497 e. The molecule has 0 saturated heterocycles. The number of halogens is 1. The first-order chi connectivity index (χ1) is 8.02. The topological polar surface area (TPSA) is 49.8 Å². The van der Waals surface area contributed by atoms with E-state index in [0.717, 1.165) is 15.8 Å². The van der Waals surface area contributed by atoms with Crippen molar-refractivity contribution in [3.05, 3.63) is 28.2 Å². The molecule has 0 radical (unpaired) electrons. The molecule has 0 aromatic heterocycles. The summed E-state index contributed by atoms with van der Waals surface area (Å²) in [4.78, 5) is 12.4. The van der Waals surface area contributed by atoms with Gasteiger partial charge in [0.2, 0.25) is 0 Å². The second-order valence-electron chi connectivity index (χ2n) is 3.84. The molecule has 0 fully saturated rings. The molecular formula is C12H16BrNO3. The summed E-state index contributed by atoms with van der Waals surface area (Å²) in [7, 11) is 3.52. The lowest BCUT2D eigenvalue weighted by atomic mass is 10.2. The van der Waals surface area contributed by atoms with Gasteiger partial charge in [-0.25, -0.2) is 0 Å². The van der Waals surface area contributed by atoms with E-state index in [4.69, 9.17) is 9.84 Å². The summed E-state index contributed by atoms with van der Waals surface area (Å²) in [6.07, 6.45) is 0.151. The highest BCUT2D eigenvalue weighted by molar-refractivity contribution is 9.10. The number of carboxylic acid groups (broad SMARTS) is 1. The molecule has 0 bridgehead atoms. The molecule has 1 N–H and O–H groups in total. The predicted molar refractivity (Wildman–Crippen MR) is 69.3 cm³/mol. The molecule has 1 aromatic rings. The summed E-state index contributed by atoms with van der Waals surface area (Å²) in [5, 5.41) is 8.61. The van der Waals surface area contributed by atoms with Gasteiger partial charge in [0.1, 0.15) is 5.75 Å². The first-order valence-corrected chi connectivity index (χ1v) is 6.05. The van der Waals surface area contributed by atoms with Crippen LogP contribution in [0.5, 0.6) is 5.75 Å². The van der Waals surface area contributed by atoms with E-state index < -0.39 is 5.97 Å². The average Bonchev–Trinajstić information content (AvgIpc) is 2.29. The van der Waals surface area contributed by atoms with Gasteiger partial charge in [0.05, 0.1) is 13.5 Å². The van der Waals surface area contributed by atoms with Crippen molar-refractivity contribution in [1.82, 2.24) is 4.90 Å². The van der Waals surface area contributed by atoms with Crippen molar-refractivity contribution in [3.63, 3.8) is 0 Å². The Morgan fingerprint density at radius 1 is 1.53 bits per heavy atom. The van der Waals surface area contributed by atoms with Gasteiger partial charge in [-0.05, 0) is 30.8 Å². The molecule has 1 rings (SSSR count). The summed E-state index contributed by atoms with van der Waals surface area (Å²) >= 11 is 3.47. The standard InChI is InChI=1S/C12H16BrNO3/c1-14(6-5-12(15)16)8-9-7-10(17-2)3-4-11(9)13/h3-4,7H,5-6,8H2,1-2H3,(H,15,16). The van der Waals surface area contributed by atoms with E-state index in [0.29, 0.717) is 13.1 Å². The fraction of sp³-hybridized carbons (Fsp3) is 0.417. The quantitative estimate of drug-likeness (QED) is 0.876. The Labute approximate surface area is 109 Å². The molecule has 0 amide bonds. The largest absolute Gasteiger partial charge is 0.497 e. The summed E-state index contributed by atoms with van der Waals surface area (Å²) in [5.41, 5.74) is 1.08. The Balaban J connectivity index is 2.63. The predicted octanol–water partition coefficient (Wildman–Crippen LogP) is 2.36. The van der Waals surface area contributed by atoms with Crippen molar-refractivity contribution >= 4 is 21.9 Å². The highest BCUT2D eigenvalue weighted by Gasteiger charge is 2.07. The van der Waals surface area contributed by atoms with Crippen molar-refractivity contribution in [3.8, 4) is 5.75 Å². The van der Waals surface area contributed by atoms with Crippen LogP contribution in [0, 0.1) is 0 Å². The van der Waals surface area contributed by atoms with Gasteiger partial charge in [0, 0.05) is 17.6 Å². The zero-order valence-electron chi connectivity index (χ0n) is 9.94. The molecule has 0 spiro atoms. The smallest absolute Gasteiger partial charge is 0.304 e. The van der Waals surface area contributed by atoms with Crippen molar-refractivity contribution in [2.45, 2.75) is 13.0 Å². The van der Waals surface area contributed by atoms with E-state index in [2.05, 4.69) is 15.9 Å². The fourth-order valence-corrected chi connectivity index (χ4v) is 1.83. The Morgan fingerprint density at radius 3 is 2.82 bits per heavy atom. The van der Waals surface area contributed by atoms with Crippen LogP contribution >= 0.6 is 15.9 Å². The van der Waals surface area contributed by atoms with Crippen LogP contribution in [0.1, 0.15) is 12.0 Å². The Morgan fingerprint density at radius 2 is 2.24 bits per heavy atom. The number of nitrogens with zero attached hydrogens (tertiary/aromatic N) is 1. The number of hydrogen-bond acceptors (Lipinski definition) is 3. The highest BCUT2D eigenvalue weighted by Crippen LogP contribution is 2.23. The van der Waals surface area contributed by atoms with Gasteiger partial charge < -0.3 is 14.7 Å². The van der Waals surface area contributed by atoms with E-state index in [1.165, 1.54) is 0 Å². The van der Waals surface area contributed by atoms with Crippen molar-refractivity contribution in [2.24, 2.45) is 0 Å². The van der Waals surface area contributed by atoms with Crippen LogP contribution in [0.25, 0.3) is 0 Å². The van der Waals surface area contributed by atoms with Crippen LogP contribution in [0.4, 0.5) is 0 Å². The summed E-state index contributed by atoms with van der Waals surface area (Å²) in [6.45, 7) is 1.21. The van der Waals surface area contributed by atoms with Gasteiger partial charge in [0.15, 0.2) is 0 Å². The molecule has 94 valence electrons. The molecule has 1 aromatic carbocycles. The molecular weight excluding hydrogens is 286 g/mol. The van der Waals surface area contributed by atoms with Gasteiger partial charge in [-0.15, -0.1) is 0 Å². The fourth-order valence-electron chi connectivity index (χ4n) is 1.46. The first kappa shape index (κ1) is 14.0. The normalized spacial score (nSPS) is 10.6. The van der Waals surface area contributed by atoms with Crippen LogP contribution in [0.2, 0.25) is 0 Å². The number of benzene rings is 1. The monoisotopic (exact) mass is 301 g/mol. The van der Waals surface area contributed by atoms with E-state index in [9.17, 15) is 4.79 Å². The number of methoxy groups -OCH3 is 1. The Kier molecular flexibility index (Phi) is 5.44. The highest BCUT2D eigenvalue weighted by atomic mass is 79.9. The number of aliphatic carboxylic acids is 1. The van der Waals surface area contributed by atoms with Crippen molar-refractivity contribution in [2.75, 3.05) is 20.7 Å². The summed E-state index contributed by atoms with van der Waals surface area (Å²) in [5.74, 6) is 0.0244. The second kappa shape index (κ2) is 6.61. The van der Waals surface area contributed by atoms with E-state index in [1.807, 2.05) is 30.1 Å². The number of rotatable bonds is 6. The average molecular weight is 302 g/mol. The van der Waals surface area contributed by atoms with E-state index >= 15 is 0 Å². The first-order valence-electron chi connectivity index (χ1n) is 5.25. The van der Waals surface area contributed by atoms with Gasteiger partial charge in [-0.2, -0.15) is 0 Å².